The van der Waals surface area contributed by atoms with Crippen molar-refractivity contribution in [1.29, 1.82) is 0 Å². The third kappa shape index (κ3) is 2.98. The van der Waals surface area contributed by atoms with Gasteiger partial charge in [-0.25, -0.2) is 0 Å². The van der Waals surface area contributed by atoms with Gasteiger partial charge in [0.05, 0.1) is 12.2 Å². The SMILES string of the molecule is C=C1CC(C)OC(CCCC)C1. The lowest BCUT2D eigenvalue weighted by molar-refractivity contribution is -0.0255. The third-order valence-electron chi connectivity index (χ3n) is 2.40. The van der Waals surface area contributed by atoms with Crippen LogP contribution in [0.5, 0.6) is 0 Å². The minimum Gasteiger partial charge on any atom is -0.375 e. The summed E-state index contributed by atoms with van der Waals surface area (Å²) in [5, 5.41) is 0. The monoisotopic (exact) mass is 168 g/mol. The summed E-state index contributed by atoms with van der Waals surface area (Å²) < 4.78 is 5.80. The molecule has 1 aliphatic rings. The molecular weight excluding hydrogens is 148 g/mol. The summed E-state index contributed by atoms with van der Waals surface area (Å²) in [7, 11) is 0. The molecule has 1 heterocycles. The highest BCUT2D eigenvalue weighted by atomic mass is 16.5. The van der Waals surface area contributed by atoms with Crippen molar-refractivity contribution in [2.45, 2.75) is 58.2 Å². The molecule has 70 valence electrons. The van der Waals surface area contributed by atoms with E-state index in [9.17, 15) is 0 Å². The van der Waals surface area contributed by atoms with Crippen LogP contribution in [0.25, 0.3) is 0 Å². The van der Waals surface area contributed by atoms with E-state index >= 15 is 0 Å². The normalized spacial score (nSPS) is 30.7. The molecule has 0 aromatic carbocycles. The van der Waals surface area contributed by atoms with Gasteiger partial charge < -0.3 is 4.74 Å². The molecule has 0 bridgehead atoms. The molecule has 0 aliphatic carbocycles. The number of hydrogen-bond donors (Lipinski definition) is 0. The van der Waals surface area contributed by atoms with E-state index in [-0.39, 0.29) is 0 Å². The topological polar surface area (TPSA) is 9.23 Å². The standard InChI is InChI=1S/C11H20O/c1-4-5-6-11-8-9(2)7-10(3)12-11/h10-11H,2,4-8H2,1,3H3. The Morgan fingerprint density at radius 1 is 1.50 bits per heavy atom. The number of unbranched alkanes of at least 4 members (excludes halogenated alkanes) is 1. The van der Waals surface area contributed by atoms with Crippen molar-refractivity contribution in [3.8, 4) is 0 Å². The Hall–Kier alpha value is -0.300. The van der Waals surface area contributed by atoms with Crippen molar-refractivity contribution < 1.29 is 4.74 Å². The zero-order valence-corrected chi connectivity index (χ0v) is 8.31. The number of rotatable bonds is 3. The summed E-state index contributed by atoms with van der Waals surface area (Å²) in [6, 6.07) is 0. The van der Waals surface area contributed by atoms with E-state index in [4.69, 9.17) is 4.74 Å². The molecule has 1 rings (SSSR count). The van der Waals surface area contributed by atoms with Crippen LogP contribution in [-0.2, 0) is 4.74 Å². The van der Waals surface area contributed by atoms with Crippen LogP contribution >= 0.6 is 0 Å². The fourth-order valence-electron chi connectivity index (χ4n) is 1.84. The highest BCUT2D eigenvalue weighted by molar-refractivity contribution is 5.01. The number of hydrogen-bond acceptors (Lipinski definition) is 1. The van der Waals surface area contributed by atoms with Gasteiger partial charge >= 0.3 is 0 Å². The van der Waals surface area contributed by atoms with Crippen molar-refractivity contribution in [2.75, 3.05) is 0 Å². The quantitative estimate of drug-likeness (QED) is 0.587. The maximum Gasteiger partial charge on any atom is 0.0615 e. The molecule has 12 heavy (non-hydrogen) atoms. The van der Waals surface area contributed by atoms with E-state index in [1.54, 1.807) is 0 Å². The lowest BCUT2D eigenvalue weighted by atomic mass is 9.97. The van der Waals surface area contributed by atoms with E-state index in [2.05, 4.69) is 20.4 Å². The van der Waals surface area contributed by atoms with E-state index < -0.39 is 0 Å². The van der Waals surface area contributed by atoms with Crippen LogP contribution in [0, 0.1) is 0 Å². The van der Waals surface area contributed by atoms with Crippen LogP contribution in [0.1, 0.15) is 46.0 Å². The first-order valence-corrected chi connectivity index (χ1v) is 5.04. The van der Waals surface area contributed by atoms with Gasteiger partial charge in [0.25, 0.3) is 0 Å². The zero-order valence-electron chi connectivity index (χ0n) is 8.31. The molecule has 2 atom stereocenters. The minimum absolute atomic E-state index is 0.396. The van der Waals surface area contributed by atoms with Gasteiger partial charge in [-0.2, -0.15) is 0 Å². The summed E-state index contributed by atoms with van der Waals surface area (Å²) in [5.41, 5.74) is 1.37. The van der Waals surface area contributed by atoms with Gasteiger partial charge in [0.1, 0.15) is 0 Å². The molecule has 2 unspecified atom stereocenters. The molecule has 1 heteroatoms. The molecule has 0 radical (unpaired) electrons. The average molecular weight is 168 g/mol. The Morgan fingerprint density at radius 3 is 2.83 bits per heavy atom. The Kier molecular flexibility index (Phi) is 3.80. The number of ether oxygens (including phenoxy) is 1. The fraction of sp³-hybridized carbons (Fsp3) is 0.818. The fourth-order valence-corrected chi connectivity index (χ4v) is 1.84. The van der Waals surface area contributed by atoms with Crippen molar-refractivity contribution in [1.82, 2.24) is 0 Å². The van der Waals surface area contributed by atoms with Gasteiger partial charge in [0.15, 0.2) is 0 Å². The van der Waals surface area contributed by atoms with Crippen LogP contribution in [0.4, 0.5) is 0 Å². The molecular formula is C11H20O. The predicted octanol–water partition coefficient (Wildman–Crippen LogP) is 3.30. The van der Waals surface area contributed by atoms with Gasteiger partial charge in [-0.15, -0.1) is 0 Å². The molecule has 1 nitrogen and oxygen atoms in total. The lowest BCUT2D eigenvalue weighted by Gasteiger charge is -2.29. The summed E-state index contributed by atoms with van der Waals surface area (Å²) in [6.45, 7) is 8.41. The van der Waals surface area contributed by atoms with Crippen LogP contribution < -0.4 is 0 Å². The van der Waals surface area contributed by atoms with Gasteiger partial charge in [-0.05, 0) is 26.2 Å². The minimum atomic E-state index is 0.396. The maximum atomic E-state index is 5.80. The molecule has 0 amide bonds. The zero-order chi connectivity index (χ0) is 8.97. The van der Waals surface area contributed by atoms with Crippen LogP contribution in [0.15, 0.2) is 12.2 Å². The Morgan fingerprint density at radius 2 is 2.25 bits per heavy atom. The van der Waals surface area contributed by atoms with Crippen molar-refractivity contribution in [3.63, 3.8) is 0 Å². The van der Waals surface area contributed by atoms with Gasteiger partial charge in [0, 0.05) is 0 Å². The van der Waals surface area contributed by atoms with Crippen molar-refractivity contribution in [3.05, 3.63) is 12.2 Å². The Balaban J connectivity index is 2.29. The highest BCUT2D eigenvalue weighted by Gasteiger charge is 2.20. The molecule has 1 fully saturated rings. The molecule has 0 saturated carbocycles. The molecule has 0 aromatic heterocycles. The largest absolute Gasteiger partial charge is 0.375 e. The average Bonchev–Trinajstić information content (AvgIpc) is 1.99. The molecule has 1 saturated heterocycles. The highest BCUT2D eigenvalue weighted by Crippen LogP contribution is 2.25. The van der Waals surface area contributed by atoms with Gasteiger partial charge in [0.2, 0.25) is 0 Å². The first kappa shape index (κ1) is 9.79. The smallest absolute Gasteiger partial charge is 0.0615 e. The van der Waals surface area contributed by atoms with Crippen molar-refractivity contribution >= 4 is 0 Å². The first-order chi connectivity index (χ1) is 5.72. The molecule has 1 aliphatic heterocycles. The summed E-state index contributed by atoms with van der Waals surface area (Å²) in [5.74, 6) is 0. The molecule has 0 spiro atoms. The second kappa shape index (κ2) is 4.66. The third-order valence-corrected chi connectivity index (χ3v) is 2.40. The second-order valence-corrected chi connectivity index (χ2v) is 3.87. The van der Waals surface area contributed by atoms with E-state index in [0.29, 0.717) is 12.2 Å². The van der Waals surface area contributed by atoms with Crippen LogP contribution in [0.3, 0.4) is 0 Å². The second-order valence-electron chi connectivity index (χ2n) is 3.87. The van der Waals surface area contributed by atoms with Crippen LogP contribution in [0.2, 0.25) is 0 Å². The Bertz CT molecular complexity index is 151. The molecule has 0 aromatic rings. The molecule has 0 N–H and O–H groups in total. The van der Waals surface area contributed by atoms with Gasteiger partial charge in [-0.1, -0.05) is 31.9 Å². The lowest BCUT2D eigenvalue weighted by Crippen LogP contribution is -2.26. The summed E-state index contributed by atoms with van der Waals surface area (Å²) in [6.07, 6.45) is 6.76. The first-order valence-electron chi connectivity index (χ1n) is 5.04. The summed E-state index contributed by atoms with van der Waals surface area (Å²) in [4.78, 5) is 0. The Labute approximate surface area is 75.8 Å². The maximum absolute atomic E-state index is 5.80. The van der Waals surface area contributed by atoms with Gasteiger partial charge in [-0.3, -0.25) is 0 Å². The van der Waals surface area contributed by atoms with Crippen LogP contribution in [-0.4, -0.2) is 12.2 Å². The van der Waals surface area contributed by atoms with Crippen molar-refractivity contribution in [2.24, 2.45) is 0 Å². The van der Waals surface area contributed by atoms with E-state index in [1.807, 2.05) is 0 Å². The predicted molar refractivity (Wildman–Crippen MR) is 52.2 cm³/mol. The van der Waals surface area contributed by atoms with E-state index in [0.717, 1.165) is 12.8 Å². The summed E-state index contributed by atoms with van der Waals surface area (Å²) >= 11 is 0. The van der Waals surface area contributed by atoms with E-state index in [1.165, 1.54) is 24.8 Å².